The fraction of sp³-hybridized carbons (Fsp3) is 0.400. The van der Waals surface area contributed by atoms with Crippen LogP contribution in [0.15, 0.2) is 24.3 Å². The van der Waals surface area contributed by atoms with Crippen molar-refractivity contribution in [2.75, 3.05) is 11.5 Å². The Morgan fingerprint density at radius 3 is 0.947 bits per heavy atom. The van der Waals surface area contributed by atoms with Crippen LogP contribution >= 0.6 is 23.2 Å². The van der Waals surface area contributed by atoms with Crippen LogP contribution in [0.25, 0.3) is 0 Å². The second-order valence-corrected chi connectivity index (χ2v) is 8.50. The van der Waals surface area contributed by atoms with Gasteiger partial charge in [0.05, 0.1) is 15.7 Å². The summed E-state index contributed by atoms with van der Waals surface area (Å²) in [6.45, 7) is 2.41. The molecule has 0 aliphatic heterocycles. The van der Waals surface area contributed by atoms with Gasteiger partial charge in [-0.1, -0.05) is 35.3 Å². The summed E-state index contributed by atoms with van der Waals surface area (Å²) >= 11 is 10.6. The molecule has 0 unspecified atom stereocenters. The predicted octanol–water partition coefficient (Wildman–Crippen LogP) is 9.04. The number of halogens is 16. The number of hydrogen-bond acceptors (Lipinski definition) is 2. The van der Waals surface area contributed by atoms with E-state index in [2.05, 4.69) is 0 Å². The summed E-state index contributed by atoms with van der Waals surface area (Å²) in [6.07, 6.45) is -24.7. The molecule has 2 aromatic carbocycles. The summed E-state index contributed by atoms with van der Waals surface area (Å²) in [5.74, 6) is 0. The molecule has 0 atom stereocenters. The van der Waals surface area contributed by atoms with Crippen LogP contribution in [0.1, 0.15) is 22.3 Å². The van der Waals surface area contributed by atoms with Crippen molar-refractivity contribution in [2.24, 2.45) is 0 Å². The number of benzene rings is 2. The monoisotopic (exact) mass is 618 g/mol. The molecule has 0 amide bonds. The summed E-state index contributed by atoms with van der Waals surface area (Å²) < 4.78 is 177. The van der Waals surface area contributed by atoms with Gasteiger partial charge in [0.25, 0.3) is 0 Å². The molecule has 0 aliphatic rings. The van der Waals surface area contributed by atoms with Gasteiger partial charge in [-0.2, -0.15) is 52.7 Å². The number of nitrogen functional groups attached to an aromatic ring is 2. The molecule has 0 bridgehead atoms. The number of rotatable bonds is 2. The summed E-state index contributed by atoms with van der Waals surface area (Å²) in [4.78, 5) is 0. The highest BCUT2D eigenvalue weighted by molar-refractivity contribution is 6.38. The normalized spacial score (nSPS) is 13.7. The van der Waals surface area contributed by atoms with E-state index in [9.17, 15) is 61.5 Å². The number of nitrogens with two attached hydrogens (primary N) is 2. The first-order valence-corrected chi connectivity index (χ1v) is 10.2. The quantitative estimate of drug-likeness (QED) is 0.261. The Balaban J connectivity index is 0.000000380. The summed E-state index contributed by atoms with van der Waals surface area (Å²) in [5.41, 5.74) is -4.23. The second-order valence-electron chi connectivity index (χ2n) is 7.69. The molecule has 0 aliphatic carbocycles. The van der Waals surface area contributed by atoms with Gasteiger partial charge in [0.2, 0.25) is 0 Å². The molecule has 0 saturated carbocycles. The molecule has 2 aromatic rings. The maximum Gasteiger partial charge on any atom is 0.435 e. The lowest BCUT2D eigenvalue weighted by molar-refractivity contribution is -0.349. The Morgan fingerprint density at radius 1 is 0.474 bits per heavy atom. The first-order chi connectivity index (χ1) is 16.6. The fourth-order valence-electron chi connectivity index (χ4n) is 2.93. The lowest BCUT2D eigenvalue weighted by Crippen LogP contribution is -2.50. The maximum absolute atomic E-state index is 13.7. The van der Waals surface area contributed by atoms with Crippen molar-refractivity contribution in [3.63, 3.8) is 0 Å². The average molecular weight is 619 g/mol. The highest BCUT2D eigenvalue weighted by Gasteiger charge is 2.74. The van der Waals surface area contributed by atoms with Crippen molar-refractivity contribution in [1.82, 2.24) is 0 Å². The topological polar surface area (TPSA) is 52.0 Å². The van der Waals surface area contributed by atoms with Crippen molar-refractivity contribution in [3.05, 3.63) is 56.6 Å². The van der Waals surface area contributed by atoms with Crippen LogP contribution in [0.5, 0.6) is 0 Å². The number of anilines is 2. The summed E-state index contributed by atoms with van der Waals surface area (Å²) in [5, 5.41) is -1.42. The third-order valence-corrected chi connectivity index (χ3v) is 5.66. The first-order valence-electron chi connectivity index (χ1n) is 9.41. The number of hydrogen-bond donors (Lipinski definition) is 2. The molecule has 0 radical (unpaired) electrons. The standard InChI is InChI=1S/C11H10F7N.C9H4Cl2F7N/c1-5-3-7(4-6(2)8(5)19)9(12,10(13,14)15)11(16,17)18;10-4-1-3(2-5(11)6(4)19)7(12,8(13,14)15)9(16,17)18/h3-4H,19H2,1-2H3;1-2H,19H2. The third-order valence-electron chi connectivity index (χ3n) is 5.03. The van der Waals surface area contributed by atoms with Crippen LogP contribution < -0.4 is 11.5 Å². The molecule has 0 spiro atoms. The molecule has 0 saturated heterocycles. The maximum atomic E-state index is 13.7. The van der Waals surface area contributed by atoms with Crippen LogP contribution in [-0.2, 0) is 11.3 Å². The van der Waals surface area contributed by atoms with Gasteiger partial charge in [0.1, 0.15) is 0 Å². The molecular weight excluding hydrogens is 605 g/mol. The van der Waals surface area contributed by atoms with E-state index in [1.54, 1.807) is 0 Å². The smallest absolute Gasteiger partial charge is 0.398 e. The minimum Gasteiger partial charge on any atom is -0.398 e. The van der Waals surface area contributed by atoms with Gasteiger partial charge in [-0.15, -0.1) is 0 Å². The van der Waals surface area contributed by atoms with E-state index in [4.69, 9.17) is 34.7 Å². The zero-order chi connectivity index (χ0) is 30.4. The molecular formula is C20H14Cl2F14N2. The molecule has 216 valence electrons. The number of aryl methyl sites for hydroxylation is 2. The Hall–Kier alpha value is -2.36. The van der Waals surface area contributed by atoms with E-state index in [1.165, 1.54) is 13.8 Å². The first kappa shape index (κ1) is 33.7. The van der Waals surface area contributed by atoms with Crippen LogP contribution in [0.2, 0.25) is 10.0 Å². The third kappa shape index (κ3) is 5.95. The van der Waals surface area contributed by atoms with Crippen molar-refractivity contribution in [3.8, 4) is 0 Å². The van der Waals surface area contributed by atoms with Crippen LogP contribution in [-0.4, -0.2) is 24.7 Å². The van der Waals surface area contributed by atoms with Crippen molar-refractivity contribution < 1.29 is 61.5 Å². The highest BCUT2D eigenvalue weighted by atomic mass is 35.5. The van der Waals surface area contributed by atoms with E-state index < -0.39 is 62.9 Å². The van der Waals surface area contributed by atoms with E-state index in [0.717, 1.165) is 0 Å². The van der Waals surface area contributed by atoms with E-state index in [0.29, 0.717) is 12.1 Å². The Bertz CT molecular complexity index is 1000. The highest BCUT2D eigenvalue weighted by Crippen LogP contribution is 2.55. The largest absolute Gasteiger partial charge is 0.435 e. The minimum absolute atomic E-state index is 0.0236. The zero-order valence-corrected chi connectivity index (χ0v) is 20.0. The van der Waals surface area contributed by atoms with Gasteiger partial charge in [0.15, 0.2) is 0 Å². The van der Waals surface area contributed by atoms with E-state index in [-0.39, 0.29) is 28.9 Å². The molecule has 4 N–H and O–H groups in total. The van der Waals surface area contributed by atoms with Crippen LogP contribution in [0, 0.1) is 13.8 Å². The van der Waals surface area contributed by atoms with Gasteiger partial charge in [0, 0.05) is 16.8 Å². The molecule has 18 heteroatoms. The molecule has 2 nitrogen and oxygen atoms in total. The lowest BCUT2D eigenvalue weighted by atomic mass is 9.90. The van der Waals surface area contributed by atoms with E-state index in [1.807, 2.05) is 0 Å². The van der Waals surface area contributed by atoms with Gasteiger partial charge in [-0.05, 0) is 37.1 Å². The van der Waals surface area contributed by atoms with Gasteiger partial charge in [-0.3, -0.25) is 0 Å². The number of alkyl halides is 14. The van der Waals surface area contributed by atoms with Crippen LogP contribution in [0.4, 0.5) is 72.8 Å². The molecule has 2 rings (SSSR count). The SMILES string of the molecule is Cc1cc(C(F)(C(F)(F)F)C(F)(F)F)cc(C)c1N.Nc1c(Cl)cc(C(F)(C(F)(F)F)C(F)(F)F)cc1Cl. The van der Waals surface area contributed by atoms with E-state index >= 15 is 0 Å². The molecule has 0 heterocycles. The van der Waals surface area contributed by atoms with Gasteiger partial charge >= 0.3 is 36.0 Å². The predicted molar refractivity (Wildman–Crippen MR) is 111 cm³/mol. The van der Waals surface area contributed by atoms with Gasteiger partial charge in [-0.25, -0.2) is 8.78 Å². The second kappa shape index (κ2) is 10.3. The Morgan fingerprint density at radius 2 is 0.711 bits per heavy atom. The summed E-state index contributed by atoms with van der Waals surface area (Å²) in [6, 6.07) is 1.21. The van der Waals surface area contributed by atoms with Crippen molar-refractivity contribution in [1.29, 1.82) is 0 Å². The van der Waals surface area contributed by atoms with Crippen molar-refractivity contribution >= 4 is 34.6 Å². The average Bonchev–Trinajstić information content (AvgIpc) is 2.71. The fourth-order valence-corrected chi connectivity index (χ4v) is 3.42. The Labute approximate surface area is 214 Å². The molecule has 0 fully saturated rings. The minimum atomic E-state index is -6.23. The lowest BCUT2D eigenvalue weighted by Gasteiger charge is -2.31. The Kier molecular flexibility index (Phi) is 9.14. The summed E-state index contributed by atoms with van der Waals surface area (Å²) in [7, 11) is 0. The van der Waals surface area contributed by atoms with Crippen LogP contribution in [0.3, 0.4) is 0 Å². The van der Waals surface area contributed by atoms with Crippen molar-refractivity contribution in [2.45, 2.75) is 49.9 Å². The molecule has 0 aromatic heterocycles. The molecule has 38 heavy (non-hydrogen) atoms. The van der Waals surface area contributed by atoms with Gasteiger partial charge < -0.3 is 11.5 Å². The zero-order valence-electron chi connectivity index (χ0n) is 18.5.